The van der Waals surface area contributed by atoms with Crippen LogP contribution >= 0.6 is 46.4 Å². The molecule has 0 aliphatic heterocycles. The van der Waals surface area contributed by atoms with Gasteiger partial charge in [-0.05, 0) is 35.7 Å². The molecule has 0 atom stereocenters. The van der Waals surface area contributed by atoms with E-state index in [1.165, 1.54) is 0 Å². The quantitative estimate of drug-likeness (QED) is 0.586. The molecule has 0 aromatic heterocycles. The van der Waals surface area contributed by atoms with Crippen LogP contribution in [0.1, 0.15) is 11.1 Å². The highest BCUT2D eigenvalue weighted by Gasteiger charge is 2.31. The number of hydrogen-bond acceptors (Lipinski definition) is 0. The second-order valence-corrected chi connectivity index (χ2v) is 6.20. The van der Waals surface area contributed by atoms with E-state index in [0.717, 1.165) is 16.1 Å². The molecule has 0 unspecified atom stereocenters. The molecule has 4 heteroatoms. The largest absolute Gasteiger partial charge is 0.126 e. The summed E-state index contributed by atoms with van der Waals surface area (Å²) in [5.41, 5.74) is 1.70. The minimum Gasteiger partial charge on any atom is -0.126 e. The van der Waals surface area contributed by atoms with Crippen molar-refractivity contribution in [2.45, 2.75) is 11.8 Å². The Morgan fingerprint density at radius 3 is 2.15 bits per heavy atom. The van der Waals surface area contributed by atoms with Crippen molar-refractivity contribution in [3.63, 3.8) is 0 Å². The van der Waals surface area contributed by atoms with Gasteiger partial charge < -0.3 is 0 Å². The van der Waals surface area contributed by atoms with Crippen molar-refractivity contribution >= 4 is 46.4 Å². The monoisotopic (exact) mass is 346 g/mol. The zero-order valence-electron chi connectivity index (χ0n) is 10.8. The topological polar surface area (TPSA) is 0 Å². The SMILES string of the molecule is ClCC(CCl)(Cc1ccccc1Cl)c1cccc(Cl)c1. The summed E-state index contributed by atoms with van der Waals surface area (Å²) in [6.07, 6.45) is 0.681. The van der Waals surface area contributed by atoms with Crippen molar-refractivity contribution in [1.29, 1.82) is 0 Å². The molecule has 0 fully saturated rings. The number of benzene rings is 2. The van der Waals surface area contributed by atoms with Gasteiger partial charge in [0.25, 0.3) is 0 Å². The van der Waals surface area contributed by atoms with Crippen LogP contribution in [0.3, 0.4) is 0 Å². The third-order valence-electron chi connectivity index (χ3n) is 3.44. The molecule has 106 valence electrons. The van der Waals surface area contributed by atoms with E-state index in [9.17, 15) is 0 Å². The van der Waals surface area contributed by atoms with Gasteiger partial charge in [-0.3, -0.25) is 0 Å². The van der Waals surface area contributed by atoms with E-state index in [-0.39, 0.29) is 5.41 Å². The Balaban J connectivity index is 2.42. The summed E-state index contributed by atoms with van der Waals surface area (Å²) in [7, 11) is 0. The molecule has 0 spiro atoms. The molecule has 0 amide bonds. The molecule has 2 aromatic rings. The molecule has 2 rings (SSSR count). The Morgan fingerprint density at radius 1 is 0.850 bits per heavy atom. The van der Waals surface area contributed by atoms with E-state index in [0.29, 0.717) is 23.2 Å². The van der Waals surface area contributed by atoms with Crippen molar-refractivity contribution in [2.75, 3.05) is 11.8 Å². The summed E-state index contributed by atoms with van der Waals surface area (Å²) in [5.74, 6) is 0.810. The van der Waals surface area contributed by atoms with E-state index in [4.69, 9.17) is 46.4 Å². The van der Waals surface area contributed by atoms with Crippen molar-refractivity contribution in [1.82, 2.24) is 0 Å². The van der Waals surface area contributed by atoms with Gasteiger partial charge in [-0.2, -0.15) is 0 Å². The van der Waals surface area contributed by atoms with Gasteiger partial charge >= 0.3 is 0 Å². The molecule has 0 aliphatic carbocycles. The lowest BCUT2D eigenvalue weighted by atomic mass is 9.79. The summed E-state index contributed by atoms with van der Waals surface area (Å²) in [5, 5.41) is 1.41. The lowest BCUT2D eigenvalue weighted by Crippen LogP contribution is -2.33. The molecule has 0 aliphatic rings. The summed E-state index contributed by atoms with van der Waals surface area (Å²) in [6.45, 7) is 0. The van der Waals surface area contributed by atoms with Crippen LogP contribution in [0.2, 0.25) is 10.0 Å². The third kappa shape index (κ3) is 3.43. The molecule has 2 aromatic carbocycles. The summed E-state index contributed by atoms with van der Waals surface area (Å²) in [6, 6.07) is 15.4. The van der Waals surface area contributed by atoms with Gasteiger partial charge in [-0.15, -0.1) is 23.2 Å². The van der Waals surface area contributed by atoms with Gasteiger partial charge in [0.05, 0.1) is 0 Å². The van der Waals surface area contributed by atoms with Crippen molar-refractivity contribution in [2.24, 2.45) is 0 Å². The van der Waals surface area contributed by atoms with E-state index in [1.807, 2.05) is 48.5 Å². The average molecular weight is 348 g/mol. The predicted octanol–water partition coefficient (Wildman–Crippen LogP) is 5.95. The van der Waals surface area contributed by atoms with Gasteiger partial charge in [-0.25, -0.2) is 0 Å². The number of alkyl halides is 2. The first-order valence-electron chi connectivity index (χ1n) is 6.23. The Labute approximate surface area is 139 Å². The maximum absolute atomic E-state index is 6.25. The number of rotatable bonds is 5. The van der Waals surface area contributed by atoms with Crippen LogP contribution in [-0.2, 0) is 11.8 Å². The van der Waals surface area contributed by atoms with Crippen LogP contribution in [0, 0.1) is 0 Å². The van der Waals surface area contributed by atoms with Crippen molar-refractivity contribution < 1.29 is 0 Å². The summed E-state index contributed by atoms with van der Waals surface area (Å²) in [4.78, 5) is 0. The fourth-order valence-electron chi connectivity index (χ4n) is 2.21. The lowest BCUT2D eigenvalue weighted by Gasteiger charge is -2.31. The fraction of sp³-hybridized carbons (Fsp3) is 0.250. The first-order valence-corrected chi connectivity index (χ1v) is 8.05. The van der Waals surface area contributed by atoms with Crippen LogP contribution in [-0.4, -0.2) is 11.8 Å². The van der Waals surface area contributed by atoms with Crippen LogP contribution in [0.25, 0.3) is 0 Å². The van der Waals surface area contributed by atoms with Gasteiger partial charge in [0.2, 0.25) is 0 Å². The average Bonchev–Trinajstić information content (AvgIpc) is 2.47. The Morgan fingerprint density at radius 2 is 1.55 bits per heavy atom. The second kappa shape index (κ2) is 7.04. The maximum Gasteiger partial charge on any atom is 0.0438 e. The Kier molecular flexibility index (Phi) is 5.63. The lowest BCUT2D eigenvalue weighted by molar-refractivity contribution is 0.536. The van der Waals surface area contributed by atoms with Crippen LogP contribution in [0.4, 0.5) is 0 Å². The zero-order valence-corrected chi connectivity index (χ0v) is 13.8. The standard InChI is InChI=1S/C16H14Cl4/c17-10-16(11-18,13-5-3-6-14(19)8-13)9-12-4-1-2-7-15(12)20/h1-8H,9-11H2. The minimum absolute atomic E-state index is 0.376. The zero-order chi connectivity index (χ0) is 14.6. The van der Waals surface area contributed by atoms with E-state index < -0.39 is 0 Å². The Bertz CT molecular complexity index is 576. The molecule has 0 bridgehead atoms. The van der Waals surface area contributed by atoms with Gasteiger partial charge in [-0.1, -0.05) is 53.5 Å². The Hall–Kier alpha value is -0.400. The maximum atomic E-state index is 6.25. The molecule has 0 saturated heterocycles. The fourth-order valence-corrected chi connectivity index (χ4v) is 3.39. The van der Waals surface area contributed by atoms with E-state index in [2.05, 4.69) is 0 Å². The molecule has 0 N–H and O–H groups in total. The van der Waals surface area contributed by atoms with Crippen LogP contribution in [0.5, 0.6) is 0 Å². The highest BCUT2D eigenvalue weighted by molar-refractivity contribution is 6.31. The predicted molar refractivity (Wildman–Crippen MR) is 89.7 cm³/mol. The highest BCUT2D eigenvalue weighted by Crippen LogP contribution is 2.34. The molecule has 0 saturated carbocycles. The number of halogens is 4. The molecule has 0 heterocycles. The first kappa shape index (κ1) is 16.0. The first-order chi connectivity index (χ1) is 9.61. The molecular formula is C16H14Cl4. The highest BCUT2D eigenvalue weighted by atomic mass is 35.5. The minimum atomic E-state index is -0.376. The van der Waals surface area contributed by atoms with Crippen molar-refractivity contribution in [3.05, 3.63) is 69.7 Å². The smallest absolute Gasteiger partial charge is 0.0438 e. The van der Waals surface area contributed by atoms with Gasteiger partial charge in [0.15, 0.2) is 0 Å². The second-order valence-electron chi connectivity index (χ2n) is 4.83. The normalized spacial score (nSPS) is 11.6. The van der Waals surface area contributed by atoms with Crippen LogP contribution in [0.15, 0.2) is 48.5 Å². The number of hydrogen-bond donors (Lipinski definition) is 0. The van der Waals surface area contributed by atoms with Crippen LogP contribution < -0.4 is 0 Å². The van der Waals surface area contributed by atoms with Crippen molar-refractivity contribution in [3.8, 4) is 0 Å². The molecular weight excluding hydrogens is 334 g/mol. The van der Waals surface area contributed by atoms with E-state index >= 15 is 0 Å². The van der Waals surface area contributed by atoms with Gasteiger partial charge in [0, 0.05) is 27.2 Å². The van der Waals surface area contributed by atoms with E-state index in [1.54, 1.807) is 0 Å². The summed E-state index contributed by atoms with van der Waals surface area (Å²) >= 11 is 24.8. The van der Waals surface area contributed by atoms with Gasteiger partial charge in [0.1, 0.15) is 0 Å². The molecule has 0 radical (unpaired) electrons. The third-order valence-corrected chi connectivity index (χ3v) is 5.06. The summed E-state index contributed by atoms with van der Waals surface area (Å²) < 4.78 is 0. The molecule has 20 heavy (non-hydrogen) atoms. The molecule has 0 nitrogen and oxygen atoms in total.